The summed E-state index contributed by atoms with van der Waals surface area (Å²) in [5, 5.41) is 1.16. The molecule has 140 valence electrons. The zero-order chi connectivity index (χ0) is 19.8. The van der Waals surface area contributed by atoms with Gasteiger partial charge in [-0.3, -0.25) is 4.99 Å². The summed E-state index contributed by atoms with van der Waals surface area (Å²) in [7, 11) is 1.84. The molecule has 0 aromatic heterocycles. The molecular formula is C21H45NS. The number of thioether (sulfide) groups is 1. The minimum absolute atomic E-state index is 1.16. The Kier molecular flexibility index (Phi) is 48.4. The molecule has 0 saturated carbocycles. The Labute approximate surface area is 153 Å². The standard InChI is InChI=1S/C9H13NS.C4H8.4C2H6/c1-5-8-6(2)7(3)11-9(8)10-4;1-3-4-2;4*1-2/h5H,1-4H3;3-4H,1-2H3;4*1-2H3/b8-5-,10-9?;4-3-;;;;. The van der Waals surface area contributed by atoms with Crippen molar-refractivity contribution in [2.75, 3.05) is 7.05 Å². The van der Waals surface area contributed by atoms with Crippen LogP contribution in [0.4, 0.5) is 0 Å². The zero-order valence-corrected chi connectivity index (χ0v) is 19.4. The fourth-order valence-corrected chi connectivity index (χ4v) is 2.16. The molecule has 1 heterocycles. The molecule has 23 heavy (non-hydrogen) atoms. The molecule has 1 nitrogen and oxygen atoms in total. The maximum Gasteiger partial charge on any atom is 0.102 e. The van der Waals surface area contributed by atoms with Crippen molar-refractivity contribution >= 4 is 16.8 Å². The SMILES string of the molecule is C/C=C1\C(=NC)SC(C)=C1C.C/C=C\C.CC.CC.CC.CC. The van der Waals surface area contributed by atoms with E-state index in [1.165, 1.54) is 16.1 Å². The van der Waals surface area contributed by atoms with Gasteiger partial charge in [0.05, 0.1) is 0 Å². The Hall–Kier alpha value is -0.760. The largest absolute Gasteiger partial charge is 0.281 e. The topological polar surface area (TPSA) is 12.4 Å². The van der Waals surface area contributed by atoms with Crippen molar-refractivity contribution in [2.45, 2.75) is 90.0 Å². The first-order valence-electron chi connectivity index (χ1n) is 9.18. The Morgan fingerprint density at radius 1 is 0.739 bits per heavy atom. The highest BCUT2D eigenvalue weighted by molar-refractivity contribution is 8.18. The van der Waals surface area contributed by atoms with Gasteiger partial charge in [-0.2, -0.15) is 0 Å². The van der Waals surface area contributed by atoms with E-state index in [0.717, 1.165) is 5.04 Å². The van der Waals surface area contributed by atoms with Gasteiger partial charge in [0, 0.05) is 12.6 Å². The van der Waals surface area contributed by atoms with Crippen LogP contribution < -0.4 is 0 Å². The first-order chi connectivity index (χ1) is 11.1. The molecule has 0 saturated heterocycles. The summed E-state index contributed by atoms with van der Waals surface area (Å²) < 4.78 is 0. The quantitative estimate of drug-likeness (QED) is 0.401. The van der Waals surface area contributed by atoms with E-state index in [0.29, 0.717) is 0 Å². The Morgan fingerprint density at radius 3 is 1.26 bits per heavy atom. The molecule has 0 aromatic carbocycles. The van der Waals surface area contributed by atoms with E-state index in [9.17, 15) is 0 Å². The Bertz CT molecular complexity index is 317. The number of hydrogen-bond donors (Lipinski definition) is 0. The molecule has 0 aliphatic carbocycles. The summed E-state index contributed by atoms with van der Waals surface area (Å²) in [6, 6.07) is 0. The maximum atomic E-state index is 4.21. The normalized spacial score (nSPS) is 15.0. The predicted molar refractivity (Wildman–Crippen MR) is 119 cm³/mol. The Balaban J connectivity index is -0.0000000759. The smallest absolute Gasteiger partial charge is 0.102 e. The third-order valence-corrected chi connectivity index (χ3v) is 3.45. The third kappa shape index (κ3) is 19.2. The summed E-state index contributed by atoms with van der Waals surface area (Å²) in [6.07, 6.45) is 6.13. The lowest BCUT2D eigenvalue weighted by atomic mass is 10.1. The molecule has 0 amide bonds. The number of allylic oxidation sites excluding steroid dienone is 5. The lowest BCUT2D eigenvalue weighted by Crippen LogP contribution is -1.90. The van der Waals surface area contributed by atoms with Crippen molar-refractivity contribution in [3.63, 3.8) is 0 Å². The van der Waals surface area contributed by atoms with Gasteiger partial charge in [0.25, 0.3) is 0 Å². The summed E-state index contributed by atoms with van der Waals surface area (Å²) in [5.74, 6) is 0. The molecule has 0 aromatic rings. The summed E-state index contributed by atoms with van der Waals surface area (Å²) in [4.78, 5) is 5.58. The average molecular weight is 344 g/mol. The molecule has 0 radical (unpaired) electrons. The van der Waals surface area contributed by atoms with Crippen LogP contribution in [-0.4, -0.2) is 12.1 Å². The number of rotatable bonds is 0. The second-order valence-electron chi connectivity index (χ2n) is 3.18. The van der Waals surface area contributed by atoms with Crippen molar-refractivity contribution in [3.8, 4) is 0 Å². The highest BCUT2D eigenvalue weighted by Crippen LogP contribution is 2.36. The van der Waals surface area contributed by atoms with E-state index >= 15 is 0 Å². The van der Waals surface area contributed by atoms with Crippen LogP contribution in [0.5, 0.6) is 0 Å². The predicted octanol–water partition coefficient (Wildman–Crippen LogP) is 8.69. The van der Waals surface area contributed by atoms with Crippen LogP contribution in [0.3, 0.4) is 0 Å². The Morgan fingerprint density at radius 2 is 1.09 bits per heavy atom. The fourth-order valence-electron chi connectivity index (χ4n) is 1.13. The first kappa shape index (κ1) is 33.8. The van der Waals surface area contributed by atoms with E-state index in [1.54, 1.807) is 11.8 Å². The molecule has 0 spiro atoms. The van der Waals surface area contributed by atoms with Crippen molar-refractivity contribution in [2.24, 2.45) is 4.99 Å². The van der Waals surface area contributed by atoms with Gasteiger partial charge in [-0.15, -0.1) is 0 Å². The van der Waals surface area contributed by atoms with Crippen molar-refractivity contribution in [1.82, 2.24) is 0 Å². The van der Waals surface area contributed by atoms with Gasteiger partial charge in [-0.25, -0.2) is 0 Å². The molecule has 1 aliphatic heterocycles. The summed E-state index contributed by atoms with van der Waals surface area (Å²) in [6.45, 7) is 26.3. The second-order valence-corrected chi connectivity index (χ2v) is 4.38. The van der Waals surface area contributed by atoms with E-state index in [4.69, 9.17) is 0 Å². The highest BCUT2D eigenvalue weighted by atomic mass is 32.2. The molecule has 1 rings (SSSR count). The van der Waals surface area contributed by atoms with Crippen LogP contribution in [-0.2, 0) is 0 Å². The molecule has 2 heteroatoms. The van der Waals surface area contributed by atoms with Crippen LogP contribution in [0, 0.1) is 0 Å². The second kappa shape index (κ2) is 33.0. The molecular weight excluding hydrogens is 298 g/mol. The van der Waals surface area contributed by atoms with E-state index in [-0.39, 0.29) is 0 Å². The zero-order valence-electron chi connectivity index (χ0n) is 18.6. The average Bonchev–Trinajstić information content (AvgIpc) is 2.95. The summed E-state index contributed by atoms with van der Waals surface area (Å²) >= 11 is 1.77. The molecule has 0 bridgehead atoms. The van der Waals surface area contributed by atoms with Crippen LogP contribution in [0.15, 0.2) is 39.3 Å². The van der Waals surface area contributed by atoms with E-state index < -0.39 is 0 Å². The third-order valence-electron chi connectivity index (χ3n) is 2.24. The van der Waals surface area contributed by atoms with E-state index in [1.807, 2.05) is 88.4 Å². The number of nitrogens with zero attached hydrogens (tertiary/aromatic N) is 1. The lowest BCUT2D eigenvalue weighted by molar-refractivity contribution is 1.39. The van der Waals surface area contributed by atoms with Crippen molar-refractivity contribution < 1.29 is 0 Å². The first-order valence-corrected chi connectivity index (χ1v) is 10.00. The molecule has 0 atom stereocenters. The van der Waals surface area contributed by atoms with Gasteiger partial charge >= 0.3 is 0 Å². The summed E-state index contributed by atoms with van der Waals surface area (Å²) in [5.41, 5.74) is 2.67. The lowest BCUT2D eigenvalue weighted by Gasteiger charge is -1.96. The van der Waals surface area contributed by atoms with Gasteiger partial charge in [0.1, 0.15) is 5.04 Å². The van der Waals surface area contributed by atoms with Crippen LogP contribution in [0.1, 0.15) is 90.0 Å². The minimum atomic E-state index is 1.16. The molecule has 0 N–H and O–H groups in total. The monoisotopic (exact) mass is 343 g/mol. The highest BCUT2D eigenvalue weighted by Gasteiger charge is 2.18. The fraction of sp³-hybridized carbons (Fsp3) is 0.667. The van der Waals surface area contributed by atoms with Crippen LogP contribution >= 0.6 is 11.8 Å². The van der Waals surface area contributed by atoms with Crippen LogP contribution in [0.2, 0.25) is 0 Å². The van der Waals surface area contributed by atoms with Crippen molar-refractivity contribution in [3.05, 3.63) is 34.3 Å². The van der Waals surface area contributed by atoms with Crippen LogP contribution in [0.25, 0.3) is 0 Å². The van der Waals surface area contributed by atoms with Gasteiger partial charge < -0.3 is 0 Å². The van der Waals surface area contributed by atoms with Crippen molar-refractivity contribution in [1.29, 1.82) is 0 Å². The number of hydrogen-bond acceptors (Lipinski definition) is 2. The van der Waals surface area contributed by atoms with E-state index in [2.05, 4.69) is 31.8 Å². The van der Waals surface area contributed by atoms with Gasteiger partial charge in [-0.05, 0) is 45.1 Å². The van der Waals surface area contributed by atoms with Gasteiger partial charge in [-0.1, -0.05) is 85.4 Å². The maximum absolute atomic E-state index is 4.21. The number of aliphatic imine (C=N–C) groups is 1. The molecule has 0 fully saturated rings. The molecule has 1 aliphatic rings. The molecule has 0 unspecified atom stereocenters. The van der Waals surface area contributed by atoms with Gasteiger partial charge in [0.2, 0.25) is 0 Å². The minimum Gasteiger partial charge on any atom is -0.281 e. The van der Waals surface area contributed by atoms with Gasteiger partial charge in [0.15, 0.2) is 0 Å².